The molecule has 1 aromatic heterocycles. The Labute approximate surface area is 151 Å². The normalized spacial score (nSPS) is 10.8. The first-order chi connectivity index (χ1) is 12.9. The summed E-state index contributed by atoms with van der Waals surface area (Å²) in [7, 11) is 0. The van der Waals surface area contributed by atoms with E-state index in [4.69, 9.17) is 4.42 Å². The van der Waals surface area contributed by atoms with E-state index in [0.29, 0.717) is 11.6 Å². The zero-order valence-corrected chi connectivity index (χ0v) is 14.1. The summed E-state index contributed by atoms with van der Waals surface area (Å²) in [6.07, 6.45) is 0. The summed E-state index contributed by atoms with van der Waals surface area (Å²) >= 11 is 0. The largest absolute Gasteiger partial charge is 0.460 e. The number of hydrogen-bond donors (Lipinski definition) is 1. The van der Waals surface area contributed by atoms with Crippen LogP contribution in [0.1, 0.15) is 23.0 Å². The molecule has 0 saturated carbocycles. The Kier molecular flexibility index (Phi) is 5.16. The van der Waals surface area contributed by atoms with Crippen LogP contribution >= 0.6 is 0 Å². The Hall–Kier alpha value is -3.29. The minimum absolute atomic E-state index is 0.00141. The van der Waals surface area contributed by atoms with Crippen LogP contribution in [0.3, 0.4) is 0 Å². The van der Waals surface area contributed by atoms with Gasteiger partial charge >= 0.3 is 5.97 Å². The Balaban J connectivity index is 2.12. The van der Waals surface area contributed by atoms with Gasteiger partial charge in [0.1, 0.15) is 11.1 Å². The van der Waals surface area contributed by atoms with Gasteiger partial charge in [0.2, 0.25) is 5.76 Å². The Morgan fingerprint density at radius 2 is 1.81 bits per heavy atom. The highest BCUT2D eigenvalue weighted by Gasteiger charge is 2.26. The number of benzene rings is 2. The van der Waals surface area contributed by atoms with Gasteiger partial charge in [0.05, 0.1) is 6.61 Å². The van der Waals surface area contributed by atoms with Crippen molar-refractivity contribution in [3.8, 4) is 0 Å². The number of halogens is 3. The molecule has 5 nitrogen and oxygen atoms in total. The second-order valence-corrected chi connectivity index (χ2v) is 5.56. The van der Waals surface area contributed by atoms with E-state index in [0.717, 1.165) is 0 Å². The zero-order chi connectivity index (χ0) is 19.6. The second-order valence-electron chi connectivity index (χ2n) is 5.56. The average Bonchev–Trinajstić information content (AvgIpc) is 2.66. The van der Waals surface area contributed by atoms with Crippen molar-refractivity contribution < 1.29 is 27.1 Å². The Morgan fingerprint density at radius 1 is 1.11 bits per heavy atom. The molecule has 3 rings (SSSR count). The quantitative estimate of drug-likeness (QED) is 0.538. The minimum Gasteiger partial charge on any atom is -0.460 e. The van der Waals surface area contributed by atoms with Gasteiger partial charge in [-0.3, -0.25) is 4.79 Å². The lowest BCUT2D eigenvalue weighted by atomic mass is 10.1. The molecule has 140 valence electrons. The molecule has 0 aliphatic carbocycles. The molecule has 2 aromatic carbocycles. The first-order valence-corrected chi connectivity index (χ1v) is 8.03. The standard InChI is InChI=1S/C19H14F3NO4/c1-2-26-19(25)12-8-11(24)13-14(20)15(21)17(16(22)18(13)27-12)23-9-10-6-4-3-5-7-10/h3-8,23H,2,9H2,1H3. The molecule has 0 spiro atoms. The van der Waals surface area contributed by atoms with E-state index in [1.165, 1.54) is 6.92 Å². The molecule has 0 radical (unpaired) electrons. The predicted octanol–water partition coefficient (Wildman–Crippen LogP) is 4.00. The average molecular weight is 377 g/mol. The van der Waals surface area contributed by atoms with Gasteiger partial charge in [0, 0.05) is 12.6 Å². The predicted molar refractivity (Wildman–Crippen MR) is 92.1 cm³/mol. The Bertz CT molecular complexity index is 1060. The van der Waals surface area contributed by atoms with Crippen molar-refractivity contribution in [1.29, 1.82) is 0 Å². The smallest absolute Gasteiger partial charge is 0.374 e. The van der Waals surface area contributed by atoms with Gasteiger partial charge in [-0.25, -0.2) is 18.0 Å². The number of fused-ring (bicyclic) bond motifs is 1. The molecule has 0 aliphatic heterocycles. The van der Waals surface area contributed by atoms with Crippen molar-refractivity contribution >= 4 is 22.6 Å². The summed E-state index contributed by atoms with van der Waals surface area (Å²) in [5.41, 5.74) is -2.06. The van der Waals surface area contributed by atoms with Gasteiger partial charge in [-0.2, -0.15) is 0 Å². The van der Waals surface area contributed by atoms with Gasteiger partial charge in [0.25, 0.3) is 0 Å². The number of nitrogens with one attached hydrogen (secondary N) is 1. The summed E-state index contributed by atoms with van der Waals surface area (Å²) in [4.78, 5) is 23.8. The molecule has 0 bridgehead atoms. The van der Waals surface area contributed by atoms with Crippen LogP contribution in [0.15, 0.2) is 45.6 Å². The number of esters is 1. The maximum Gasteiger partial charge on any atom is 0.374 e. The summed E-state index contributed by atoms with van der Waals surface area (Å²) in [5.74, 6) is -6.05. The number of carbonyl (C=O) groups is 1. The highest BCUT2D eigenvalue weighted by Crippen LogP contribution is 2.30. The van der Waals surface area contributed by atoms with Crippen LogP contribution in [0, 0.1) is 17.5 Å². The third-order valence-electron chi connectivity index (χ3n) is 3.79. The van der Waals surface area contributed by atoms with Crippen LogP contribution in [0.4, 0.5) is 18.9 Å². The lowest BCUT2D eigenvalue weighted by Gasteiger charge is -2.12. The van der Waals surface area contributed by atoms with Gasteiger partial charge in [-0.1, -0.05) is 30.3 Å². The molecule has 0 atom stereocenters. The first-order valence-electron chi connectivity index (χ1n) is 8.03. The van der Waals surface area contributed by atoms with Crippen molar-refractivity contribution in [3.63, 3.8) is 0 Å². The Morgan fingerprint density at radius 3 is 2.48 bits per heavy atom. The summed E-state index contributed by atoms with van der Waals surface area (Å²) in [5, 5.41) is 1.54. The monoisotopic (exact) mass is 377 g/mol. The fourth-order valence-corrected chi connectivity index (χ4v) is 2.53. The van der Waals surface area contributed by atoms with E-state index >= 15 is 0 Å². The van der Waals surface area contributed by atoms with Gasteiger partial charge in [0.15, 0.2) is 28.5 Å². The van der Waals surface area contributed by atoms with E-state index in [-0.39, 0.29) is 13.2 Å². The summed E-state index contributed by atoms with van der Waals surface area (Å²) in [6.45, 7) is 1.52. The zero-order valence-electron chi connectivity index (χ0n) is 14.1. The number of ether oxygens (including phenoxy) is 1. The van der Waals surface area contributed by atoms with Gasteiger partial charge in [-0.15, -0.1) is 0 Å². The second kappa shape index (κ2) is 7.53. The van der Waals surface area contributed by atoms with E-state index in [1.54, 1.807) is 30.3 Å². The van der Waals surface area contributed by atoms with Gasteiger partial charge < -0.3 is 14.5 Å². The maximum absolute atomic E-state index is 14.8. The van der Waals surface area contributed by atoms with Crippen molar-refractivity contribution in [3.05, 3.63) is 75.4 Å². The van der Waals surface area contributed by atoms with Crippen molar-refractivity contribution in [2.45, 2.75) is 13.5 Å². The SMILES string of the molecule is CCOC(=O)c1cc(=O)c2c(F)c(F)c(NCc3ccccc3)c(F)c2o1. The molecule has 27 heavy (non-hydrogen) atoms. The number of hydrogen-bond acceptors (Lipinski definition) is 5. The third-order valence-corrected chi connectivity index (χ3v) is 3.79. The lowest BCUT2D eigenvalue weighted by Crippen LogP contribution is -2.14. The highest BCUT2D eigenvalue weighted by molar-refractivity contribution is 5.90. The first kappa shape index (κ1) is 18.5. The van der Waals surface area contributed by atoms with Crippen LogP contribution in [0.5, 0.6) is 0 Å². The number of carbonyl (C=O) groups excluding carboxylic acids is 1. The molecular formula is C19H14F3NO4. The minimum atomic E-state index is -1.56. The third kappa shape index (κ3) is 3.51. The molecule has 1 N–H and O–H groups in total. The molecular weight excluding hydrogens is 363 g/mol. The van der Waals surface area contributed by atoms with E-state index in [1.807, 2.05) is 0 Å². The van der Waals surface area contributed by atoms with Crippen LogP contribution < -0.4 is 10.7 Å². The van der Waals surface area contributed by atoms with E-state index < -0.39 is 51.3 Å². The molecule has 3 aromatic rings. The number of rotatable bonds is 5. The molecule has 0 amide bonds. The maximum atomic E-state index is 14.8. The molecule has 1 heterocycles. The topological polar surface area (TPSA) is 68.5 Å². The molecule has 0 aliphatic rings. The molecule has 0 saturated heterocycles. The molecule has 0 fully saturated rings. The fourth-order valence-electron chi connectivity index (χ4n) is 2.53. The lowest BCUT2D eigenvalue weighted by molar-refractivity contribution is 0.0490. The van der Waals surface area contributed by atoms with Gasteiger partial charge in [-0.05, 0) is 12.5 Å². The van der Waals surface area contributed by atoms with Crippen LogP contribution in [0.25, 0.3) is 11.0 Å². The van der Waals surface area contributed by atoms with Crippen molar-refractivity contribution in [2.24, 2.45) is 0 Å². The molecule has 8 heteroatoms. The van der Waals surface area contributed by atoms with E-state index in [9.17, 15) is 22.8 Å². The van der Waals surface area contributed by atoms with Crippen LogP contribution in [0.2, 0.25) is 0 Å². The summed E-state index contributed by atoms with van der Waals surface area (Å²) in [6, 6.07) is 9.29. The fraction of sp³-hybridized carbons (Fsp3) is 0.158. The molecule has 0 unspecified atom stereocenters. The number of anilines is 1. The van der Waals surface area contributed by atoms with Crippen LogP contribution in [-0.4, -0.2) is 12.6 Å². The van der Waals surface area contributed by atoms with Crippen molar-refractivity contribution in [2.75, 3.05) is 11.9 Å². The van der Waals surface area contributed by atoms with Crippen LogP contribution in [-0.2, 0) is 11.3 Å². The van der Waals surface area contributed by atoms with Crippen molar-refractivity contribution in [1.82, 2.24) is 0 Å². The summed E-state index contributed by atoms with van der Waals surface area (Å²) < 4.78 is 53.1. The highest BCUT2D eigenvalue weighted by atomic mass is 19.2. The van der Waals surface area contributed by atoms with E-state index in [2.05, 4.69) is 10.1 Å².